The van der Waals surface area contributed by atoms with Crippen LogP contribution in [0, 0.1) is 11.3 Å². The molecule has 4 nitrogen and oxygen atoms in total. The molecule has 0 saturated carbocycles. The van der Waals surface area contributed by atoms with Crippen molar-refractivity contribution in [2.45, 2.75) is 0 Å². The van der Waals surface area contributed by atoms with E-state index in [2.05, 4.69) is 25.9 Å². The van der Waals surface area contributed by atoms with Gasteiger partial charge in [0.15, 0.2) is 0 Å². The molecule has 5 heteroatoms. The van der Waals surface area contributed by atoms with Gasteiger partial charge in [0, 0.05) is 12.4 Å². The first-order chi connectivity index (χ1) is 7.78. The van der Waals surface area contributed by atoms with Gasteiger partial charge in [0.1, 0.15) is 5.75 Å². The lowest BCUT2D eigenvalue weighted by Crippen LogP contribution is -1.91. The summed E-state index contributed by atoms with van der Waals surface area (Å²) in [5.41, 5.74) is 0.537. The number of hydrogen-bond donors (Lipinski definition) is 0. The maximum absolute atomic E-state index is 8.72. The SMILES string of the molecule is N#Cc1cccc(Oc2ncc(Br)cn2)c1. The second-order valence-corrected chi connectivity index (χ2v) is 3.84. The minimum Gasteiger partial charge on any atom is -0.424 e. The number of aromatic nitrogens is 2. The molecule has 0 aliphatic heterocycles. The van der Waals surface area contributed by atoms with E-state index in [-0.39, 0.29) is 6.01 Å². The molecule has 0 amide bonds. The van der Waals surface area contributed by atoms with Gasteiger partial charge in [-0.15, -0.1) is 0 Å². The lowest BCUT2D eigenvalue weighted by molar-refractivity contribution is 0.441. The zero-order chi connectivity index (χ0) is 11.4. The van der Waals surface area contributed by atoms with Crippen molar-refractivity contribution in [2.75, 3.05) is 0 Å². The molecule has 0 radical (unpaired) electrons. The van der Waals surface area contributed by atoms with Crippen LogP contribution in [0.2, 0.25) is 0 Å². The molecule has 1 aromatic carbocycles. The zero-order valence-corrected chi connectivity index (χ0v) is 9.68. The fourth-order valence-corrected chi connectivity index (χ4v) is 1.29. The molecule has 0 bridgehead atoms. The number of hydrogen-bond acceptors (Lipinski definition) is 4. The fraction of sp³-hybridized carbons (Fsp3) is 0. The monoisotopic (exact) mass is 275 g/mol. The molecule has 0 aliphatic rings. The molecule has 2 rings (SSSR count). The maximum atomic E-state index is 8.72. The second-order valence-electron chi connectivity index (χ2n) is 2.93. The Balaban J connectivity index is 2.21. The topological polar surface area (TPSA) is 58.8 Å². The smallest absolute Gasteiger partial charge is 0.321 e. The van der Waals surface area contributed by atoms with Crippen molar-refractivity contribution in [3.8, 4) is 17.8 Å². The second kappa shape index (κ2) is 4.73. The minimum atomic E-state index is 0.248. The van der Waals surface area contributed by atoms with Crippen LogP contribution in [0.3, 0.4) is 0 Å². The Morgan fingerprint density at radius 3 is 2.69 bits per heavy atom. The summed E-state index contributed by atoms with van der Waals surface area (Å²) in [5, 5.41) is 8.72. The van der Waals surface area contributed by atoms with Crippen molar-refractivity contribution in [1.29, 1.82) is 5.26 Å². The summed E-state index contributed by atoms with van der Waals surface area (Å²) in [6, 6.07) is 9.10. The van der Waals surface area contributed by atoms with E-state index < -0.39 is 0 Å². The quantitative estimate of drug-likeness (QED) is 0.846. The Labute approximate surface area is 101 Å². The molecule has 78 valence electrons. The van der Waals surface area contributed by atoms with Crippen LogP contribution in [-0.4, -0.2) is 9.97 Å². The van der Waals surface area contributed by atoms with Gasteiger partial charge in [-0.3, -0.25) is 0 Å². The summed E-state index contributed by atoms with van der Waals surface area (Å²) in [7, 11) is 0. The molecule has 1 aromatic heterocycles. The van der Waals surface area contributed by atoms with E-state index in [1.165, 1.54) is 0 Å². The highest BCUT2D eigenvalue weighted by atomic mass is 79.9. The Morgan fingerprint density at radius 1 is 1.25 bits per heavy atom. The van der Waals surface area contributed by atoms with E-state index in [1.807, 2.05) is 6.07 Å². The molecule has 0 atom stereocenters. The van der Waals surface area contributed by atoms with E-state index in [0.29, 0.717) is 11.3 Å². The van der Waals surface area contributed by atoms with Crippen molar-refractivity contribution in [2.24, 2.45) is 0 Å². The molecule has 0 N–H and O–H groups in total. The first-order valence-corrected chi connectivity index (χ1v) is 5.23. The first kappa shape index (κ1) is 10.6. The molecular weight excluding hydrogens is 270 g/mol. The molecule has 0 fully saturated rings. The van der Waals surface area contributed by atoms with Crippen molar-refractivity contribution < 1.29 is 4.74 Å². The van der Waals surface area contributed by atoms with Crippen molar-refractivity contribution in [3.63, 3.8) is 0 Å². The molecule has 1 heterocycles. The lowest BCUT2D eigenvalue weighted by atomic mass is 10.2. The molecule has 0 unspecified atom stereocenters. The van der Waals surface area contributed by atoms with Crippen LogP contribution in [-0.2, 0) is 0 Å². The van der Waals surface area contributed by atoms with E-state index in [0.717, 1.165) is 4.47 Å². The van der Waals surface area contributed by atoms with Crippen molar-refractivity contribution >= 4 is 15.9 Å². The van der Waals surface area contributed by atoms with E-state index >= 15 is 0 Å². The van der Waals surface area contributed by atoms with Crippen LogP contribution in [0.5, 0.6) is 11.8 Å². The Morgan fingerprint density at radius 2 is 2.00 bits per heavy atom. The fourth-order valence-electron chi connectivity index (χ4n) is 1.09. The highest BCUT2D eigenvalue weighted by Crippen LogP contribution is 2.19. The first-order valence-electron chi connectivity index (χ1n) is 4.43. The third-order valence-corrected chi connectivity index (χ3v) is 2.18. The molecule has 16 heavy (non-hydrogen) atoms. The summed E-state index contributed by atoms with van der Waals surface area (Å²) in [4.78, 5) is 7.93. The van der Waals surface area contributed by atoms with Crippen LogP contribution in [0.15, 0.2) is 41.1 Å². The summed E-state index contributed by atoms with van der Waals surface area (Å²) < 4.78 is 6.16. The van der Waals surface area contributed by atoms with Crippen LogP contribution in [0.1, 0.15) is 5.56 Å². The van der Waals surface area contributed by atoms with Crippen LogP contribution < -0.4 is 4.74 Å². The third kappa shape index (κ3) is 2.55. The predicted octanol–water partition coefficient (Wildman–Crippen LogP) is 2.90. The average molecular weight is 276 g/mol. The number of nitriles is 1. The normalized spacial score (nSPS) is 9.50. The summed E-state index contributed by atoms with van der Waals surface area (Å²) in [5.74, 6) is 0.543. The Kier molecular flexibility index (Phi) is 3.13. The number of halogens is 1. The van der Waals surface area contributed by atoms with Crippen LogP contribution >= 0.6 is 15.9 Å². The van der Waals surface area contributed by atoms with Gasteiger partial charge in [-0.25, -0.2) is 9.97 Å². The van der Waals surface area contributed by atoms with Gasteiger partial charge in [-0.05, 0) is 34.1 Å². The van der Waals surface area contributed by atoms with E-state index in [1.54, 1.807) is 36.7 Å². The molecule has 0 aliphatic carbocycles. The van der Waals surface area contributed by atoms with Crippen molar-refractivity contribution in [1.82, 2.24) is 9.97 Å². The van der Waals surface area contributed by atoms with Gasteiger partial charge in [0.2, 0.25) is 0 Å². The van der Waals surface area contributed by atoms with Gasteiger partial charge < -0.3 is 4.74 Å². The van der Waals surface area contributed by atoms with Gasteiger partial charge in [0.05, 0.1) is 16.1 Å². The highest BCUT2D eigenvalue weighted by Gasteiger charge is 2.00. The number of nitrogens with zero attached hydrogens (tertiary/aromatic N) is 3. The number of rotatable bonds is 2. The molecule has 0 spiro atoms. The number of benzene rings is 1. The maximum Gasteiger partial charge on any atom is 0.321 e. The standard InChI is InChI=1S/C11H6BrN3O/c12-9-6-14-11(15-7-9)16-10-3-1-2-8(4-10)5-13/h1-4,6-7H. The van der Waals surface area contributed by atoms with Gasteiger partial charge in [0.25, 0.3) is 0 Å². The zero-order valence-electron chi connectivity index (χ0n) is 8.09. The highest BCUT2D eigenvalue weighted by molar-refractivity contribution is 9.10. The molecule has 2 aromatic rings. The predicted molar refractivity (Wildman–Crippen MR) is 61.0 cm³/mol. The van der Waals surface area contributed by atoms with Crippen LogP contribution in [0.4, 0.5) is 0 Å². The molecule has 0 saturated heterocycles. The van der Waals surface area contributed by atoms with Gasteiger partial charge >= 0.3 is 6.01 Å². The van der Waals surface area contributed by atoms with Gasteiger partial charge in [-0.1, -0.05) is 6.07 Å². The Hall–Kier alpha value is -1.93. The van der Waals surface area contributed by atoms with Gasteiger partial charge in [-0.2, -0.15) is 5.26 Å². The Bertz CT molecular complexity index is 534. The average Bonchev–Trinajstić information content (AvgIpc) is 2.32. The van der Waals surface area contributed by atoms with Crippen molar-refractivity contribution in [3.05, 3.63) is 46.7 Å². The lowest BCUT2D eigenvalue weighted by Gasteiger charge is -2.02. The van der Waals surface area contributed by atoms with Crippen LogP contribution in [0.25, 0.3) is 0 Å². The minimum absolute atomic E-state index is 0.248. The number of ether oxygens (including phenoxy) is 1. The van der Waals surface area contributed by atoms with E-state index in [4.69, 9.17) is 10.00 Å². The summed E-state index contributed by atoms with van der Waals surface area (Å²) in [6.07, 6.45) is 3.19. The third-order valence-electron chi connectivity index (χ3n) is 1.77. The summed E-state index contributed by atoms with van der Waals surface area (Å²) >= 11 is 3.23. The molecular formula is C11H6BrN3O. The summed E-state index contributed by atoms with van der Waals surface area (Å²) in [6.45, 7) is 0. The largest absolute Gasteiger partial charge is 0.424 e. The van der Waals surface area contributed by atoms with E-state index in [9.17, 15) is 0 Å².